The highest BCUT2D eigenvalue weighted by molar-refractivity contribution is 7.11. The molecule has 0 bridgehead atoms. The molecule has 66 valence electrons. The molecule has 0 amide bonds. The second-order valence-corrected chi connectivity index (χ2v) is 4.26. The first kappa shape index (κ1) is 9.19. The van der Waals surface area contributed by atoms with Gasteiger partial charge in [-0.05, 0) is 20.8 Å². The van der Waals surface area contributed by atoms with Crippen molar-refractivity contribution in [3.63, 3.8) is 0 Å². The van der Waals surface area contributed by atoms with E-state index in [1.807, 2.05) is 20.8 Å². The molecular weight excluding hydrogens is 172 g/mol. The standard InChI is InChI=1S/C8H12N2OS/c1-8(2,3)11-10-5-7-4-9-6-12-7/h4-6H,1-3H3/b10-5+. The van der Waals surface area contributed by atoms with E-state index in [0.29, 0.717) is 0 Å². The quantitative estimate of drug-likeness (QED) is 0.522. The average molecular weight is 184 g/mol. The summed E-state index contributed by atoms with van der Waals surface area (Å²) < 4.78 is 0. The number of rotatable bonds is 2. The molecule has 1 heterocycles. The molecule has 0 spiro atoms. The predicted molar refractivity (Wildman–Crippen MR) is 50.5 cm³/mol. The molecule has 3 nitrogen and oxygen atoms in total. The van der Waals surface area contributed by atoms with Crippen LogP contribution < -0.4 is 0 Å². The molecule has 0 unspecified atom stereocenters. The summed E-state index contributed by atoms with van der Waals surface area (Å²) in [6.45, 7) is 5.87. The van der Waals surface area contributed by atoms with Gasteiger partial charge in [-0.15, -0.1) is 11.3 Å². The van der Waals surface area contributed by atoms with Crippen LogP contribution in [0.25, 0.3) is 0 Å². The molecule has 0 atom stereocenters. The van der Waals surface area contributed by atoms with Gasteiger partial charge in [-0.25, -0.2) is 0 Å². The van der Waals surface area contributed by atoms with Crippen LogP contribution in [0.1, 0.15) is 25.6 Å². The van der Waals surface area contributed by atoms with Crippen LogP contribution in [-0.2, 0) is 4.84 Å². The van der Waals surface area contributed by atoms with Crippen LogP contribution in [-0.4, -0.2) is 16.8 Å². The number of oxime groups is 1. The minimum Gasteiger partial charge on any atom is -0.390 e. The predicted octanol–water partition coefficient (Wildman–Crippen LogP) is 2.29. The molecule has 0 aliphatic rings. The zero-order valence-corrected chi connectivity index (χ0v) is 8.26. The van der Waals surface area contributed by atoms with Crippen molar-refractivity contribution in [1.29, 1.82) is 0 Å². The normalized spacial score (nSPS) is 12.2. The Labute approximate surface area is 76.1 Å². The van der Waals surface area contributed by atoms with Crippen LogP contribution in [0.2, 0.25) is 0 Å². The number of nitrogens with zero attached hydrogens (tertiary/aromatic N) is 2. The molecule has 1 aromatic heterocycles. The zero-order valence-electron chi connectivity index (χ0n) is 7.44. The molecule has 0 radical (unpaired) electrons. The fraction of sp³-hybridized carbons (Fsp3) is 0.500. The molecule has 0 N–H and O–H groups in total. The van der Waals surface area contributed by atoms with E-state index in [0.717, 1.165) is 4.88 Å². The van der Waals surface area contributed by atoms with Crippen molar-refractivity contribution >= 4 is 17.6 Å². The van der Waals surface area contributed by atoms with E-state index in [9.17, 15) is 0 Å². The molecule has 0 fully saturated rings. The Kier molecular flexibility index (Phi) is 2.81. The minimum absolute atomic E-state index is 0.221. The second-order valence-electron chi connectivity index (χ2n) is 3.34. The van der Waals surface area contributed by atoms with Crippen molar-refractivity contribution in [1.82, 2.24) is 4.98 Å². The third-order valence-corrected chi connectivity index (χ3v) is 1.67. The van der Waals surface area contributed by atoms with Gasteiger partial charge in [-0.3, -0.25) is 4.98 Å². The summed E-state index contributed by atoms with van der Waals surface area (Å²) in [7, 11) is 0. The van der Waals surface area contributed by atoms with Gasteiger partial charge in [-0.2, -0.15) is 0 Å². The fourth-order valence-corrected chi connectivity index (χ4v) is 0.995. The lowest BCUT2D eigenvalue weighted by molar-refractivity contribution is 0.00202. The average Bonchev–Trinajstić information content (AvgIpc) is 2.36. The Hall–Kier alpha value is -0.900. The first-order valence-electron chi connectivity index (χ1n) is 3.68. The number of thiazole rings is 1. The molecule has 12 heavy (non-hydrogen) atoms. The molecule has 4 heteroatoms. The van der Waals surface area contributed by atoms with Gasteiger partial charge in [-0.1, -0.05) is 5.16 Å². The topological polar surface area (TPSA) is 34.5 Å². The fourth-order valence-electron chi connectivity index (χ4n) is 0.526. The van der Waals surface area contributed by atoms with Crippen molar-refractivity contribution in [2.75, 3.05) is 0 Å². The summed E-state index contributed by atoms with van der Waals surface area (Å²) in [5.41, 5.74) is 1.54. The highest BCUT2D eigenvalue weighted by atomic mass is 32.1. The van der Waals surface area contributed by atoms with Gasteiger partial charge < -0.3 is 4.84 Å². The maximum atomic E-state index is 5.15. The van der Waals surface area contributed by atoms with Gasteiger partial charge in [0.05, 0.1) is 16.6 Å². The van der Waals surface area contributed by atoms with E-state index < -0.39 is 0 Å². The van der Waals surface area contributed by atoms with Crippen molar-refractivity contribution in [2.24, 2.45) is 5.16 Å². The monoisotopic (exact) mass is 184 g/mol. The maximum Gasteiger partial charge on any atom is 0.129 e. The van der Waals surface area contributed by atoms with Crippen LogP contribution >= 0.6 is 11.3 Å². The molecule has 1 aromatic rings. The van der Waals surface area contributed by atoms with Crippen LogP contribution in [0, 0.1) is 0 Å². The van der Waals surface area contributed by atoms with Crippen LogP contribution in [0.4, 0.5) is 0 Å². The van der Waals surface area contributed by atoms with Crippen LogP contribution in [0.15, 0.2) is 16.9 Å². The summed E-state index contributed by atoms with van der Waals surface area (Å²) in [5, 5.41) is 3.83. The van der Waals surface area contributed by atoms with Gasteiger partial charge in [0.1, 0.15) is 5.60 Å². The van der Waals surface area contributed by atoms with Gasteiger partial charge in [0.2, 0.25) is 0 Å². The summed E-state index contributed by atoms with van der Waals surface area (Å²) in [5.74, 6) is 0. The van der Waals surface area contributed by atoms with Crippen molar-refractivity contribution in [3.8, 4) is 0 Å². The molecule has 0 saturated carbocycles. The third-order valence-electron chi connectivity index (χ3n) is 0.958. The van der Waals surface area contributed by atoms with E-state index in [1.54, 1.807) is 17.9 Å². The Bertz CT molecular complexity index is 249. The Morgan fingerprint density at radius 1 is 1.58 bits per heavy atom. The van der Waals surface area contributed by atoms with E-state index >= 15 is 0 Å². The smallest absolute Gasteiger partial charge is 0.129 e. The second kappa shape index (κ2) is 3.67. The lowest BCUT2D eigenvalue weighted by atomic mass is 10.2. The number of hydrogen-bond donors (Lipinski definition) is 0. The first-order chi connectivity index (χ1) is 5.58. The number of aromatic nitrogens is 1. The van der Waals surface area contributed by atoms with E-state index in [-0.39, 0.29) is 5.60 Å². The highest BCUT2D eigenvalue weighted by Crippen LogP contribution is 2.07. The lowest BCUT2D eigenvalue weighted by Crippen LogP contribution is -2.15. The summed E-state index contributed by atoms with van der Waals surface area (Å²) in [4.78, 5) is 10.1. The van der Waals surface area contributed by atoms with Gasteiger partial charge in [0.25, 0.3) is 0 Å². The van der Waals surface area contributed by atoms with Gasteiger partial charge in [0, 0.05) is 6.20 Å². The minimum atomic E-state index is -0.221. The first-order valence-corrected chi connectivity index (χ1v) is 4.56. The molecular formula is C8H12N2OS. The van der Waals surface area contributed by atoms with E-state index in [2.05, 4.69) is 10.1 Å². The molecule has 0 aliphatic heterocycles. The molecule has 0 aliphatic carbocycles. The van der Waals surface area contributed by atoms with Crippen LogP contribution in [0.3, 0.4) is 0 Å². The van der Waals surface area contributed by atoms with E-state index in [1.165, 1.54) is 11.3 Å². The Morgan fingerprint density at radius 2 is 2.33 bits per heavy atom. The Morgan fingerprint density at radius 3 is 2.83 bits per heavy atom. The zero-order chi connectivity index (χ0) is 9.03. The van der Waals surface area contributed by atoms with E-state index in [4.69, 9.17) is 4.84 Å². The maximum absolute atomic E-state index is 5.15. The Balaban J connectivity index is 2.42. The van der Waals surface area contributed by atoms with Gasteiger partial charge >= 0.3 is 0 Å². The summed E-state index contributed by atoms with van der Waals surface area (Å²) in [6.07, 6.45) is 3.42. The lowest BCUT2D eigenvalue weighted by Gasteiger charge is -2.14. The summed E-state index contributed by atoms with van der Waals surface area (Å²) in [6, 6.07) is 0. The van der Waals surface area contributed by atoms with Crippen molar-refractivity contribution < 1.29 is 4.84 Å². The van der Waals surface area contributed by atoms with Crippen molar-refractivity contribution in [2.45, 2.75) is 26.4 Å². The third kappa shape index (κ3) is 3.48. The van der Waals surface area contributed by atoms with Gasteiger partial charge in [0.15, 0.2) is 0 Å². The summed E-state index contributed by atoms with van der Waals surface area (Å²) >= 11 is 1.53. The molecule has 0 saturated heterocycles. The molecule has 1 rings (SSSR count). The highest BCUT2D eigenvalue weighted by Gasteiger charge is 2.09. The molecule has 0 aromatic carbocycles. The largest absolute Gasteiger partial charge is 0.390 e. The number of hydrogen-bond acceptors (Lipinski definition) is 4. The SMILES string of the molecule is CC(C)(C)O/N=C/c1cncs1. The van der Waals surface area contributed by atoms with Crippen LogP contribution in [0.5, 0.6) is 0 Å². The van der Waals surface area contributed by atoms with Crippen molar-refractivity contribution in [3.05, 3.63) is 16.6 Å².